The van der Waals surface area contributed by atoms with Crippen LogP contribution in [0.1, 0.15) is 0 Å². The number of hydrogen-bond donors (Lipinski definition) is 0. The van der Waals surface area contributed by atoms with Crippen LogP contribution in [0.25, 0.3) is 16.6 Å². The van der Waals surface area contributed by atoms with E-state index in [2.05, 4.69) is 6.07 Å². The van der Waals surface area contributed by atoms with Gasteiger partial charge in [-0.25, -0.2) is 13.2 Å². The summed E-state index contributed by atoms with van der Waals surface area (Å²) in [5.41, 5.74) is 0.357. The molecule has 0 aliphatic rings. The molecular weight excluding hydrogens is 239 g/mol. The normalized spacial score (nSPS) is 11.1. The van der Waals surface area contributed by atoms with Crippen molar-refractivity contribution >= 4 is 10.9 Å². The Morgan fingerprint density at radius 1 is 1.00 bits per heavy atom. The molecular formula is C14H7F3N. The molecule has 1 nitrogen and oxygen atoms in total. The smallest absolute Gasteiger partial charge is 0.153 e. The predicted molar refractivity (Wildman–Crippen MR) is 62.0 cm³/mol. The van der Waals surface area contributed by atoms with Crippen LogP contribution in [0.5, 0.6) is 0 Å². The van der Waals surface area contributed by atoms with Crippen LogP contribution in [0.15, 0.2) is 42.6 Å². The van der Waals surface area contributed by atoms with Gasteiger partial charge in [0.05, 0.1) is 5.52 Å². The molecule has 0 aliphatic carbocycles. The lowest BCUT2D eigenvalue weighted by Gasteiger charge is -2.08. The Morgan fingerprint density at radius 3 is 2.44 bits per heavy atom. The Morgan fingerprint density at radius 2 is 1.72 bits per heavy atom. The summed E-state index contributed by atoms with van der Waals surface area (Å²) in [4.78, 5) is 0. The molecule has 18 heavy (non-hydrogen) atoms. The largest absolute Gasteiger partial charge is 0.311 e. The average molecular weight is 246 g/mol. The number of fused-ring (bicyclic) bond motifs is 1. The predicted octanol–water partition coefficient (Wildman–Crippen LogP) is 3.85. The Balaban J connectivity index is 2.33. The summed E-state index contributed by atoms with van der Waals surface area (Å²) >= 11 is 0. The first-order valence-corrected chi connectivity index (χ1v) is 5.29. The second-order valence-electron chi connectivity index (χ2n) is 3.89. The second-order valence-corrected chi connectivity index (χ2v) is 3.89. The molecule has 0 amide bonds. The number of rotatable bonds is 1. The lowest BCUT2D eigenvalue weighted by Crippen LogP contribution is -2.01. The van der Waals surface area contributed by atoms with Gasteiger partial charge in [0.15, 0.2) is 11.6 Å². The van der Waals surface area contributed by atoms with Crippen molar-refractivity contribution in [3.05, 3.63) is 66.1 Å². The van der Waals surface area contributed by atoms with E-state index >= 15 is 0 Å². The van der Waals surface area contributed by atoms with E-state index in [1.54, 1.807) is 24.3 Å². The van der Waals surface area contributed by atoms with Crippen LogP contribution in [-0.2, 0) is 0 Å². The van der Waals surface area contributed by atoms with Gasteiger partial charge in [-0.05, 0) is 24.3 Å². The van der Waals surface area contributed by atoms with E-state index in [1.165, 1.54) is 10.8 Å². The van der Waals surface area contributed by atoms with Crippen LogP contribution in [0.2, 0.25) is 0 Å². The van der Waals surface area contributed by atoms with E-state index in [0.717, 1.165) is 5.39 Å². The minimum atomic E-state index is -0.933. The van der Waals surface area contributed by atoms with E-state index in [1.807, 2.05) is 0 Å². The van der Waals surface area contributed by atoms with Crippen molar-refractivity contribution in [3.63, 3.8) is 0 Å². The fourth-order valence-electron chi connectivity index (χ4n) is 1.98. The Hall–Kier alpha value is -2.23. The summed E-state index contributed by atoms with van der Waals surface area (Å²) in [5, 5.41) is 0.806. The molecule has 1 heterocycles. The summed E-state index contributed by atoms with van der Waals surface area (Å²) in [7, 11) is 0. The number of nitrogens with zero attached hydrogens (tertiary/aromatic N) is 1. The van der Waals surface area contributed by atoms with E-state index in [9.17, 15) is 13.2 Å². The summed E-state index contributed by atoms with van der Waals surface area (Å²) in [6.07, 6.45) is 1.54. The number of halogens is 3. The molecule has 2 aromatic carbocycles. The first kappa shape index (κ1) is 10.9. The van der Waals surface area contributed by atoms with Crippen molar-refractivity contribution < 1.29 is 13.2 Å². The Labute approximate surface area is 101 Å². The van der Waals surface area contributed by atoms with Crippen LogP contribution in [0.4, 0.5) is 13.2 Å². The van der Waals surface area contributed by atoms with Crippen LogP contribution < -0.4 is 0 Å². The quantitative estimate of drug-likeness (QED) is 0.614. The van der Waals surface area contributed by atoms with Gasteiger partial charge in [-0.15, -0.1) is 0 Å². The monoisotopic (exact) mass is 246 g/mol. The third-order valence-corrected chi connectivity index (χ3v) is 2.76. The highest BCUT2D eigenvalue weighted by Gasteiger charge is 2.14. The molecule has 0 saturated heterocycles. The summed E-state index contributed by atoms with van der Waals surface area (Å²) in [6.45, 7) is 0. The molecule has 0 N–H and O–H groups in total. The maximum absolute atomic E-state index is 13.7. The summed E-state index contributed by atoms with van der Waals surface area (Å²) < 4.78 is 41.6. The third-order valence-electron chi connectivity index (χ3n) is 2.76. The SMILES string of the molecule is Fc1cc(F)c(-n2ccc3c[c]ccc32)c(F)c1. The highest BCUT2D eigenvalue weighted by molar-refractivity contribution is 5.81. The van der Waals surface area contributed by atoms with Crippen molar-refractivity contribution in [2.24, 2.45) is 0 Å². The summed E-state index contributed by atoms with van der Waals surface area (Å²) in [5.74, 6) is -2.80. The molecule has 0 fully saturated rings. The first-order chi connectivity index (χ1) is 8.66. The molecule has 1 aromatic heterocycles. The molecule has 4 heteroatoms. The molecule has 3 rings (SSSR count). The maximum Gasteiger partial charge on any atom is 0.153 e. The van der Waals surface area contributed by atoms with E-state index in [0.29, 0.717) is 17.6 Å². The fraction of sp³-hybridized carbons (Fsp3) is 0. The fourth-order valence-corrected chi connectivity index (χ4v) is 1.98. The van der Waals surface area contributed by atoms with Crippen molar-refractivity contribution in [1.82, 2.24) is 4.57 Å². The minimum absolute atomic E-state index is 0.280. The molecule has 0 atom stereocenters. The number of aromatic nitrogens is 1. The van der Waals surface area contributed by atoms with Crippen LogP contribution >= 0.6 is 0 Å². The van der Waals surface area contributed by atoms with Crippen molar-refractivity contribution in [1.29, 1.82) is 0 Å². The lowest BCUT2D eigenvalue weighted by molar-refractivity contribution is 0.535. The molecule has 0 saturated carbocycles. The van der Waals surface area contributed by atoms with Crippen LogP contribution in [-0.4, -0.2) is 4.57 Å². The second kappa shape index (κ2) is 3.91. The Bertz CT molecular complexity index is 708. The molecule has 89 valence electrons. The zero-order valence-electron chi connectivity index (χ0n) is 9.12. The van der Waals surface area contributed by atoms with Gasteiger partial charge in [0, 0.05) is 23.7 Å². The molecule has 1 radical (unpaired) electrons. The number of benzene rings is 2. The molecule has 3 aromatic rings. The van der Waals surface area contributed by atoms with Crippen molar-refractivity contribution in [3.8, 4) is 5.69 Å². The first-order valence-electron chi connectivity index (χ1n) is 5.29. The summed E-state index contributed by atoms with van der Waals surface area (Å²) in [6, 6.07) is 11.0. The van der Waals surface area contributed by atoms with Gasteiger partial charge in [-0.3, -0.25) is 0 Å². The highest BCUT2D eigenvalue weighted by atomic mass is 19.1. The molecule has 0 aliphatic heterocycles. The van der Waals surface area contributed by atoms with E-state index in [-0.39, 0.29) is 5.69 Å². The molecule has 0 spiro atoms. The van der Waals surface area contributed by atoms with Gasteiger partial charge >= 0.3 is 0 Å². The van der Waals surface area contributed by atoms with Gasteiger partial charge in [-0.1, -0.05) is 6.07 Å². The lowest BCUT2D eigenvalue weighted by atomic mass is 10.2. The van der Waals surface area contributed by atoms with Gasteiger partial charge in [0.25, 0.3) is 0 Å². The van der Waals surface area contributed by atoms with Crippen LogP contribution in [0, 0.1) is 23.5 Å². The van der Waals surface area contributed by atoms with E-state index in [4.69, 9.17) is 0 Å². The number of hydrogen-bond acceptors (Lipinski definition) is 0. The zero-order valence-corrected chi connectivity index (χ0v) is 9.12. The zero-order chi connectivity index (χ0) is 12.7. The van der Waals surface area contributed by atoms with Crippen LogP contribution in [0.3, 0.4) is 0 Å². The standard InChI is InChI=1S/C14H7F3N/c15-10-7-11(16)14(12(17)8-10)18-6-5-9-3-1-2-4-13(9)18/h2-8H. The molecule has 0 bridgehead atoms. The third kappa shape index (κ3) is 1.57. The van der Waals surface area contributed by atoms with Crippen molar-refractivity contribution in [2.75, 3.05) is 0 Å². The van der Waals surface area contributed by atoms with E-state index < -0.39 is 17.5 Å². The van der Waals surface area contributed by atoms with Gasteiger partial charge in [-0.2, -0.15) is 0 Å². The minimum Gasteiger partial charge on any atom is -0.311 e. The van der Waals surface area contributed by atoms with Crippen molar-refractivity contribution in [2.45, 2.75) is 0 Å². The maximum atomic E-state index is 13.7. The van der Waals surface area contributed by atoms with Gasteiger partial charge < -0.3 is 4.57 Å². The highest BCUT2D eigenvalue weighted by Crippen LogP contribution is 2.25. The molecule has 0 unspecified atom stereocenters. The average Bonchev–Trinajstić information content (AvgIpc) is 2.72. The van der Waals surface area contributed by atoms with Gasteiger partial charge in [0.1, 0.15) is 11.5 Å². The van der Waals surface area contributed by atoms with Gasteiger partial charge in [0.2, 0.25) is 0 Å². The topological polar surface area (TPSA) is 4.93 Å². The Kier molecular flexibility index (Phi) is 2.37.